The Labute approximate surface area is 95.7 Å². The lowest BCUT2D eigenvalue weighted by molar-refractivity contribution is 0.276. The third kappa shape index (κ3) is 2.19. The van der Waals surface area contributed by atoms with Crippen molar-refractivity contribution in [1.29, 1.82) is 0 Å². The molecule has 0 aromatic heterocycles. The predicted octanol–water partition coefficient (Wildman–Crippen LogP) is 2.70. The summed E-state index contributed by atoms with van der Waals surface area (Å²) in [7, 11) is 0. The monoisotopic (exact) mass is 223 g/mol. The van der Waals surface area contributed by atoms with Gasteiger partial charge >= 0.3 is 0 Å². The van der Waals surface area contributed by atoms with E-state index in [4.69, 9.17) is 0 Å². The van der Waals surface area contributed by atoms with Crippen LogP contribution in [0.5, 0.6) is 0 Å². The molecule has 0 saturated heterocycles. The predicted molar refractivity (Wildman–Crippen MR) is 63.0 cm³/mol. The number of anilines is 1. The van der Waals surface area contributed by atoms with Gasteiger partial charge in [0.25, 0.3) is 0 Å². The molecule has 0 bridgehead atoms. The van der Waals surface area contributed by atoms with Crippen molar-refractivity contribution < 1.29 is 9.50 Å². The smallest absolute Gasteiger partial charge is 0.130 e. The topological polar surface area (TPSA) is 23.5 Å². The van der Waals surface area contributed by atoms with Gasteiger partial charge in [0.2, 0.25) is 0 Å². The lowest BCUT2D eigenvalue weighted by atomic mass is 10.1. The number of aliphatic hydroxyl groups is 1. The van der Waals surface area contributed by atoms with Crippen LogP contribution in [0.4, 0.5) is 10.1 Å². The zero-order valence-electron chi connectivity index (χ0n) is 9.62. The summed E-state index contributed by atoms with van der Waals surface area (Å²) in [5.41, 5.74) is 1.30. The number of hydrogen-bond acceptors (Lipinski definition) is 2. The molecule has 0 amide bonds. The van der Waals surface area contributed by atoms with Crippen molar-refractivity contribution in [2.45, 2.75) is 38.8 Å². The van der Waals surface area contributed by atoms with E-state index < -0.39 is 0 Å². The van der Waals surface area contributed by atoms with Gasteiger partial charge in [0.1, 0.15) is 5.82 Å². The Morgan fingerprint density at radius 2 is 2.19 bits per heavy atom. The highest BCUT2D eigenvalue weighted by Gasteiger charge is 2.30. The Morgan fingerprint density at radius 3 is 2.75 bits per heavy atom. The fourth-order valence-electron chi connectivity index (χ4n) is 2.10. The molecule has 2 nitrogen and oxygen atoms in total. The van der Waals surface area contributed by atoms with E-state index in [1.54, 1.807) is 6.07 Å². The Bertz CT molecular complexity index is 363. The molecule has 16 heavy (non-hydrogen) atoms. The number of nitrogens with zero attached hydrogens (tertiary/aromatic N) is 1. The second kappa shape index (κ2) is 4.83. The van der Waals surface area contributed by atoms with Gasteiger partial charge in [-0.15, -0.1) is 0 Å². The summed E-state index contributed by atoms with van der Waals surface area (Å²) in [6, 6.07) is 5.58. The fraction of sp³-hybridized carbons (Fsp3) is 0.538. The first-order valence-electron chi connectivity index (χ1n) is 5.92. The number of benzene rings is 1. The molecular formula is C13H18FNO. The Kier molecular flexibility index (Phi) is 3.44. The van der Waals surface area contributed by atoms with Crippen LogP contribution < -0.4 is 4.90 Å². The second-order valence-electron chi connectivity index (χ2n) is 4.32. The zero-order chi connectivity index (χ0) is 11.5. The molecule has 1 fully saturated rings. The molecule has 3 heteroatoms. The number of rotatable bonds is 5. The van der Waals surface area contributed by atoms with Crippen LogP contribution in [0.15, 0.2) is 18.2 Å². The van der Waals surface area contributed by atoms with E-state index in [1.807, 2.05) is 6.07 Å². The Hall–Kier alpha value is -1.09. The van der Waals surface area contributed by atoms with Crippen LogP contribution in [0.3, 0.4) is 0 Å². The summed E-state index contributed by atoms with van der Waals surface area (Å²) in [5.74, 6) is -0.304. The highest BCUT2D eigenvalue weighted by atomic mass is 19.1. The third-order valence-electron chi connectivity index (χ3n) is 3.01. The number of aliphatic hydroxyl groups excluding tert-OH is 1. The standard InChI is InChI=1S/C13H18FNO/c1-2-8-15(10-6-7-10)13-5-3-4-12(14)11(13)9-16/h3-5,10,16H,2,6-9H2,1H3. The average molecular weight is 223 g/mol. The van der Waals surface area contributed by atoms with Crippen molar-refractivity contribution in [3.8, 4) is 0 Å². The Morgan fingerprint density at radius 1 is 1.44 bits per heavy atom. The van der Waals surface area contributed by atoms with Crippen molar-refractivity contribution in [3.05, 3.63) is 29.6 Å². The van der Waals surface area contributed by atoms with Crippen LogP contribution in [-0.2, 0) is 6.61 Å². The molecule has 1 aliphatic carbocycles. The van der Waals surface area contributed by atoms with E-state index in [0.29, 0.717) is 11.6 Å². The van der Waals surface area contributed by atoms with Crippen LogP contribution in [-0.4, -0.2) is 17.7 Å². The molecule has 0 aliphatic heterocycles. The maximum Gasteiger partial charge on any atom is 0.130 e. The first-order chi connectivity index (χ1) is 7.77. The summed E-state index contributed by atoms with van der Waals surface area (Å²) >= 11 is 0. The van der Waals surface area contributed by atoms with Crippen LogP contribution in [0, 0.1) is 5.82 Å². The van der Waals surface area contributed by atoms with Crippen LogP contribution in [0.25, 0.3) is 0 Å². The summed E-state index contributed by atoms with van der Waals surface area (Å²) in [6.07, 6.45) is 3.40. The van der Waals surface area contributed by atoms with Gasteiger partial charge < -0.3 is 10.0 Å². The van der Waals surface area contributed by atoms with Crippen LogP contribution in [0.1, 0.15) is 31.7 Å². The lowest BCUT2D eigenvalue weighted by Crippen LogP contribution is -2.27. The quantitative estimate of drug-likeness (QED) is 0.829. The fourth-order valence-corrected chi connectivity index (χ4v) is 2.10. The molecule has 1 saturated carbocycles. The van der Waals surface area contributed by atoms with E-state index in [1.165, 1.54) is 18.9 Å². The molecule has 1 aliphatic rings. The molecule has 1 aromatic rings. The largest absolute Gasteiger partial charge is 0.391 e. The van der Waals surface area contributed by atoms with Gasteiger partial charge in [0.05, 0.1) is 6.61 Å². The van der Waals surface area contributed by atoms with E-state index in [9.17, 15) is 9.50 Å². The van der Waals surface area contributed by atoms with E-state index >= 15 is 0 Å². The first-order valence-corrected chi connectivity index (χ1v) is 5.92. The molecule has 0 unspecified atom stereocenters. The van der Waals surface area contributed by atoms with Gasteiger partial charge in [-0.2, -0.15) is 0 Å². The minimum absolute atomic E-state index is 0.227. The molecule has 0 atom stereocenters. The molecule has 0 radical (unpaired) electrons. The third-order valence-corrected chi connectivity index (χ3v) is 3.01. The van der Waals surface area contributed by atoms with E-state index in [2.05, 4.69) is 11.8 Å². The van der Waals surface area contributed by atoms with Gasteiger partial charge in [0, 0.05) is 23.8 Å². The number of hydrogen-bond donors (Lipinski definition) is 1. The molecule has 2 rings (SSSR count). The normalized spacial score (nSPS) is 15.2. The SMILES string of the molecule is CCCN(c1cccc(F)c1CO)C1CC1. The summed E-state index contributed by atoms with van der Waals surface area (Å²) in [6.45, 7) is 2.82. The first kappa shape index (κ1) is 11.4. The summed E-state index contributed by atoms with van der Waals surface area (Å²) in [4.78, 5) is 2.23. The minimum Gasteiger partial charge on any atom is -0.391 e. The lowest BCUT2D eigenvalue weighted by Gasteiger charge is -2.26. The van der Waals surface area contributed by atoms with Gasteiger partial charge in [-0.1, -0.05) is 13.0 Å². The van der Waals surface area contributed by atoms with Crippen molar-refractivity contribution in [2.24, 2.45) is 0 Å². The zero-order valence-corrected chi connectivity index (χ0v) is 9.62. The molecule has 1 aromatic carbocycles. The van der Waals surface area contributed by atoms with E-state index in [0.717, 1.165) is 18.7 Å². The van der Waals surface area contributed by atoms with Crippen LogP contribution >= 0.6 is 0 Å². The van der Waals surface area contributed by atoms with Crippen molar-refractivity contribution >= 4 is 5.69 Å². The highest BCUT2D eigenvalue weighted by Crippen LogP contribution is 2.34. The molecular weight excluding hydrogens is 205 g/mol. The van der Waals surface area contributed by atoms with Crippen molar-refractivity contribution in [1.82, 2.24) is 0 Å². The Balaban J connectivity index is 2.32. The van der Waals surface area contributed by atoms with Crippen molar-refractivity contribution in [2.75, 3.05) is 11.4 Å². The molecule has 0 heterocycles. The molecule has 0 spiro atoms. The van der Waals surface area contributed by atoms with Crippen molar-refractivity contribution in [3.63, 3.8) is 0 Å². The maximum atomic E-state index is 13.5. The number of halogens is 1. The van der Waals surface area contributed by atoms with Crippen LogP contribution in [0.2, 0.25) is 0 Å². The highest BCUT2D eigenvalue weighted by molar-refractivity contribution is 5.55. The van der Waals surface area contributed by atoms with E-state index in [-0.39, 0.29) is 12.4 Å². The maximum absolute atomic E-state index is 13.5. The minimum atomic E-state index is -0.304. The molecule has 1 N–H and O–H groups in total. The second-order valence-corrected chi connectivity index (χ2v) is 4.32. The summed E-state index contributed by atoms with van der Waals surface area (Å²) < 4.78 is 13.5. The van der Waals surface area contributed by atoms with Gasteiger partial charge in [-0.3, -0.25) is 0 Å². The molecule has 88 valence electrons. The van der Waals surface area contributed by atoms with Gasteiger partial charge in [-0.25, -0.2) is 4.39 Å². The van der Waals surface area contributed by atoms with Gasteiger partial charge in [0.15, 0.2) is 0 Å². The average Bonchev–Trinajstić information content (AvgIpc) is 3.09. The summed E-state index contributed by atoms with van der Waals surface area (Å²) in [5, 5.41) is 9.25. The van der Waals surface area contributed by atoms with Gasteiger partial charge in [-0.05, 0) is 31.4 Å².